The Hall–Kier alpha value is -2.89. The summed E-state index contributed by atoms with van der Waals surface area (Å²) in [6, 6.07) is 9.37. The molecule has 6 heteroatoms. The van der Waals surface area contributed by atoms with Crippen LogP contribution in [0.1, 0.15) is 48.2 Å². The molecule has 2 aromatic carbocycles. The smallest absolute Gasteiger partial charge is 0.269 e. The number of rotatable bonds is 7. The van der Waals surface area contributed by atoms with Gasteiger partial charge in [0, 0.05) is 17.8 Å². The highest BCUT2D eigenvalue weighted by Gasteiger charge is 2.16. The Morgan fingerprint density at radius 1 is 1.12 bits per heavy atom. The Morgan fingerprint density at radius 2 is 1.84 bits per heavy atom. The van der Waals surface area contributed by atoms with Crippen LogP contribution >= 0.6 is 0 Å². The lowest BCUT2D eigenvalue weighted by Crippen LogP contribution is -2.14. The molecule has 0 bridgehead atoms. The molecule has 6 nitrogen and oxygen atoms in total. The molecule has 1 amide bonds. The summed E-state index contributed by atoms with van der Waals surface area (Å²) in [4.78, 5) is 23.0. The van der Waals surface area contributed by atoms with Crippen molar-refractivity contribution in [3.63, 3.8) is 0 Å². The van der Waals surface area contributed by atoms with Gasteiger partial charge < -0.3 is 10.4 Å². The largest absolute Gasteiger partial charge is 0.507 e. The lowest BCUT2D eigenvalue weighted by Gasteiger charge is -2.12. The van der Waals surface area contributed by atoms with Crippen molar-refractivity contribution in [1.29, 1.82) is 0 Å². The number of phenolic OH excluding ortho intramolecular Hbond substituents is 1. The molecule has 132 valence electrons. The van der Waals surface area contributed by atoms with Gasteiger partial charge in [0.1, 0.15) is 5.75 Å². The van der Waals surface area contributed by atoms with Crippen LogP contribution in [0.2, 0.25) is 0 Å². The average molecular weight is 342 g/mol. The number of benzene rings is 2. The zero-order valence-corrected chi connectivity index (χ0v) is 14.4. The monoisotopic (exact) mass is 342 g/mol. The van der Waals surface area contributed by atoms with E-state index in [1.165, 1.54) is 24.3 Å². The predicted molar refractivity (Wildman–Crippen MR) is 97.1 cm³/mol. The summed E-state index contributed by atoms with van der Waals surface area (Å²) in [7, 11) is 0. The highest BCUT2D eigenvalue weighted by Crippen LogP contribution is 2.26. The van der Waals surface area contributed by atoms with Crippen molar-refractivity contribution in [2.24, 2.45) is 0 Å². The van der Waals surface area contributed by atoms with Crippen molar-refractivity contribution in [1.82, 2.24) is 0 Å². The highest BCUT2D eigenvalue weighted by atomic mass is 16.6. The molecule has 0 aliphatic heterocycles. The minimum Gasteiger partial charge on any atom is -0.507 e. The Morgan fingerprint density at radius 3 is 2.48 bits per heavy atom. The molecule has 0 saturated carbocycles. The first-order chi connectivity index (χ1) is 12.0. The topological polar surface area (TPSA) is 92.5 Å². The zero-order valence-electron chi connectivity index (χ0n) is 14.4. The van der Waals surface area contributed by atoms with Crippen molar-refractivity contribution < 1.29 is 14.8 Å². The van der Waals surface area contributed by atoms with Crippen LogP contribution in [0.15, 0.2) is 36.4 Å². The number of hydrogen-bond acceptors (Lipinski definition) is 4. The Kier molecular flexibility index (Phi) is 6.11. The van der Waals surface area contributed by atoms with Crippen molar-refractivity contribution in [2.45, 2.75) is 39.5 Å². The molecule has 0 heterocycles. The third-order valence-electron chi connectivity index (χ3n) is 3.91. The van der Waals surface area contributed by atoms with Crippen LogP contribution in [-0.2, 0) is 12.8 Å². The van der Waals surface area contributed by atoms with Crippen LogP contribution in [0.25, 0.3) is 0 Å². The first kappa shape index (κ1) is 18.4. The molecule has 2 N–H and O–H groups in total. The van der Waals surface area contributed by atoms with E-state index in [1.54, 1.807) is 12.1 Å². The maximum absolute atomic E-state index is 12.6. The van der Waals surface area contributed by atoms with Gasteiger partial charge >= 0.3 is 0 Å². The number of nitro benzene ring substituents is 1. The Bertz CT molecular complexity index is 787. The second kappa shape index (κ2) is 8.28. The summed E-state index contributed by atoms with van der Waals surface area (Å²) in [6.45, 7) is 4.00. The maximum Gasteiger partial charge on any atom is 0.269 e. The number of anilines is 1. The van der Waals surface area contributed by atoms with Crippen molar-refractivity contribution >= 4 is 17.3 Å². The summed E-state index contributed by atoms with van der Waals surface area (Å²) in [5, 5.41) is 23.7. The molecule has 0 spiro atoms. The van der Waals surface area contributed by atoms with E-state index < -0.39 is 10.8 Å². The number of aryl methyl sites for hydroxylation is 2. The number of aromatic hydroxyl groups is 1. The van der Waals surface area contributed by atoms with Gasteiger partial charge in [-0.1, -0.05) is 32.8 Å². The first-order valence-corrected chi connectivity index (χ1v) is 8.36. The fourth-order valence-electron chi connectivity index (χ4n) is 2.69. The first-order valence-electron chi connectivity index (χ1n) is 8.36. The number of non-ortho nitro benzene ring substituents is 1. The molecule has 0 fully saturated rings. The summed E-state index contributed by atoms with van der Waals surface area (Å²) >= 11 is 0. The molecular weight excluding hydrogens is 320 g/mol. The third kappa shape index (κ3) is 4.56. The minimum absolute atomic E-state index is 0.00533. The molecule has 0 aromatic heterocycles. The standard InChI is InChI=1S/C19H22N2O4/c1-3-5-13-7-10-18(22)16(11-13)19(23)20-17-9-8-15(21(24)25)12-14(17)6-4-2/h7-12,22H,3-6H2,1-2H3,(H,20,23). The molecule has 0 radical (unpaired) electrons. The lowest BCUT2D eigenvalue weighted by atomic mass is 10.0. The van der Waals surface area contributed by atoms with E-state index in [9.17, 15) is 20.0 Å². The van der Waals surface area contributed by atoms with E-state index in [1.807, 2.05) is 13.8 Å². The second-order valence-electron chi connectivity index (χ2n) is 5.90. The van der Waals surface area contributed by atoms with Gasteiger partial charge in [0.2, 0.25) is 0 Å². The molecule has 0 aliphatic carbocycles. The van der Waals surface area contributed by atoms with E-state index in [4.69, 9.17) is 0 Å². The van der Waals surface area contributed by atoms with E-state index in [0.29, 0.717) is 17.7 Å². The molecular formula is C19H22N2O4. The van der Waals surface area contributed by atoms with Crippen molar-refractivity contribution in [2.75, 3.05) is 5.32 Å². The van der Waals surface area contributed by atoms with E-state index in [2.05, 4.69) is 5.32 Å². The summed E-state index contributed by atoms with van der Waals surface area (Å²) in [5.74, 6) is -0.516. The second-order valence-corrected chi connectivity index (χ2v) is 5.90. The third-order valence-corrected chi connectivity index (χ3v) is 3.91. The van der Waals surface area contributed by atoms with Gasteiger partial charge in [-0.05, 0) is 42.2 Å². The number of nitro groups is 1. The SMILES string of the molecule is CCCc1ccc(O)c(C(=O)Nc2ccc([N+](=O)[O-])cc2CCC)c1. The number of nitrogens with zero attached hydrogens (tertiary/aromatic N) is 1. The number of hydrogen-bond donors (Lipinski definition) is 2. The predicted octanol–water partition coefficient (Wildman–Crippen LogP) is 4.46. The highest BCUT2D eigenvalue weighted by molar-refractivity contribution is 6.06. The molecule has 2 aromatic rings. The van der Waals surface area contributed by atoms with Crippen LogP contribution < -0.4 is 5.32 Å². The summed E-state index contributed by atoms with van der Waals surface area (Å²) in [5.41, 5.74) is 2.40. The number of nitrogens with one attached hydrogen (secondary N) is 1. The maximum atomic E-state index is 12.6. The average Bonchev–Trinajstić information content (AvgIpc) is 2.58. The van der Waals surface area contributed by atoms with Crippen LogP contribution in [-0.4, -0.2) is 15.9 Å². The Balaban J connectivity index is 2.31. The Labute approximate surface area is 146 Å². The molecule has 0 aliphatic rings. The van der Waals surface area contributed by atoms with Gasteiger partial charge in [-0.25, -0.2) is 0 Å². The normalized spacial score (nSPS) is 10.5. The van der Waals surface area contributed by atoms with Gasteiger partial charge in [0.15, 0.2) is 0 Å². The van der Waals surface area contributed by atoms with Crippen LogP contribution in [0.5, 0.6) is 5.75 Å². The molecule has 0 unspecified atom stereocenters. The van der Waals surface area contributed by atoms with E-state index in [-0.39, 0.29) is 17.0 Å². The zero-order chi connectivity index (χ0) is 18.4. The van der Waals surface area contributed by atoms with E-state index in [0.717, 1.165) is 24.8 Å². The van der Waals surface area contributed by atoms with Crippen LogP contribution in [0, 0.1) is 10.1 Å². The van der Waals surface area contributed by atoms with Crippen molar-refractivity contribution in [3.8, 4) is 5.75 Å². The van der Waals surface area contributed by atoms with Crippen LogP contribution in [0.3, 0.4) is 0 Å². The van der Waals surface area contributed by atoms with Gasteiger partial charge in [0.25, 0.3) is 11.6 Å². The van der Waals surface area contributed by atoms with Crippen LogP contribution in [0.4, 0.5) is 11.4 Å². The number of amides is 1. The fourth-order valence-corrected chi connectivity index (χ4v) is 2.69. The number of carbonyl (C=O) groups excluding carboxylic acids is 1. The minimum atomic E-state index is -0.454. The summed E-state index contributed by atoms with van der Waals surface area (Å²) in [6.07, 6.45) is 3.16. The number of carbonyl (C=O) groups is 1. The van der Waals surface area contributed by atoms with Gasteiger partial charge in [-0.3, -0.25) is 14.9 Å². The van der Waals surface area contributed by atoms with Gasteiger partial charge in [-0.15, -0.1) is 0 Å². The number of phenols is 1. The lowest BCUT2D eigenvalue weighted by molar-refractivity contribution is -0.384. The van der Waals surface area contributed by atoms with E-state index >= 15 is 0 Å². The summed E-state index contributed by atoms with van der Waals surface area (Å²) < 4.78 is 0. The van der Waals surface area contributed by atoms with Crippen molar-refractivity contribution in [3.05, 3.63) is 63.2 Å². The van der Waals surface area contributed by atoms with Gasteiger partial charge in [-0.2, -0.15) is 0 Å². The van der Waals surface area contributed by atoms with Gasteiger partial charge in [0.05, 0.1) is 10.5 Å². The molecule has 0 saturated heterocycles. The molecule has 0 atom stereocenters. The quantitative estimate of drug-likeness (QED) is 0.574. The molecule has 25 heavy (non-hydrogen) atoms. The molecule has 2 rings (SSSR count). The fraction of sp³-hybridized carbons (Fsp3) is 0.316.